The van der Waals surface area contributed by atoms with Gasteiger partial charge in [0, 0.05) is 24.9 Å². The number of hydrogen-bond acceptors (Lipinski definition) is 4. The van der Waals surface area contributed by atoms with Gasteiger partial charge in [0.2, 0.25) is 5.91 Å². The van der Waals surface area contributed by atoms with E-state index in [0.29, 0.717) is 19.4 Å². The maximum absolute atomic E-state index is 12.7. The molecule has 1 fully saturated rings. The molecule has 0 heterocycles. The first-order valence-corrected chi connectivity index (χ1v) is 12.5. The predicted octanol–water partition coefficient (Wildman–Crippen LogP) is 4.70. The molecule has 0 radical (unpaired) electrons. The first-order valence-electron chi connectivity index (χ1n) is 12.5. The van der Waals surface area contributed by atoms with Crippen molar-refractivity contribution in [3.05, 3.63) is 59.7 Å². The van der Waals surface area contributed by atoms with Gasteiger partial charge in [-0.05, 0) is 53.9 Å². The molecule has 35 heavy (non-hydrogen) atoms. The standard InChI is InChI=1S/C28H34N2O5/c1-18(27(32)33)8-7-15-29-26(31)16-25(19-9-6-10-19)30-28(34)35-17-24-22-13-4-2-11-20(22)21-12-3-5-14-23(21)24/h2-5,11-14,18-19,24-25H,6-10,15-17H2,1H3,(H,29,31)(H,30,34)(H,32,33). The van der Waals surface area contributed by atoms with Crippen molar-refractivity contribution in [1.82, 2.24) is 10.6 Å². The van der Waals surface area contributed by atoms with Crippen molar-refractivity contribution in [3.63, 3.8) is 0 Å². The van der Waals surface area contributed by atoms with Crippen LogP contribution in [0.1, 0.15) is 62.5 Å². The Morgan fingerprint density at radius 1 is 1.03 bits per heavy atom. The smallest absolute Gasteiger partial charge is 0.407 e. The van der Waals surface area contributed by atoms with Gasteiger partial charge in [-0.25, -0.2) is 4.79 Å². The Balaban J connectivity index is 1.29. The van der Waals surface area contributed by atoms with Crippen LogP contribution in [0.25, 0.3) is 11.1 Å². The number of carbonyl (C=O) groups is 3. The van der Waals surface area contributed by atoms with Crippen molar-refractivity contribution >= 4 is 18.0 Å². The highest BCUT2D eigenvalue weighted by Crippen LogP contribution is 2.44. The van der Waals surface area contributed by atoms with Crippen LogP contribution in [-0.4, -0.2) is 42.3 Å². The van der Waals surface area contributed by atoms with Crippen molar-refractivity contribution < 1.29 is 24.2 Å². The van der Waals surface area contributed by atoms with Gasteiger partial charge in [0.05, 0.1) is 5.92 Å². The molecule has 7 heteroatoms. The van der Waals surface area contributed by atoms with E-state index < -0.39 is 18.0 Å². The Morgan fingerprint density at radius 3 is 2.23 bits per heavy atom. The minimum Gasteiger partial charge on any atom is -0.481 e. The summed E-state index contributed by atoms with van der Waals surface area (Å²) in [6.07, 6.45) is 3.89. The lowest BCUT2D eigenvalue weighted by molar-refractivity contribution is -0.141. The number of carbonyl (C=O) groups excluding carboxylic acids is 2. The van der Waals surface area contributed by atoms with Gasteiger partial charge in [0.15, 0.2) is 0 Å². The van der Waals surface area contributed by atoms with E-state index in [-0.39, 0.29) is 36.8 Å². The molecule has 0 spiro atoms. The third-order valence-electron chi connectivity index (χ3n) is 7.33. The molecular formula is C28H34N2O5. The van der Waals surface area contributed by atoms with Crippen LogP contribution in [0.4, 0.5) is 4.79 Å². The molecule has 2 aliphatic rings. The quantitative estimate of drug-likeness (QED) is 0.406. The first-order chi connectivity index (χ1) is 16.9. The van der Waals surface area contributed by atoms with Crippen LogP contribution in [0.2, 0.25) is 0 Å². The summed E-state index contributed by atoms with van der Waals surface area (Å²) in [7, 11) is 0. The van der Waals surface area contributed by atoms with Gasteiger partial charge < -0.3 is 20.5 Å². The molecule has 4 rings (SSSR count). The summed E-state index contributed by atoms with van der Waals surface area (Å²) in [4.78, 5) is 36.1. The normalized spacial score (nSPS) is 16.4. The molecule has 1 saturated carbocycles. The lowest BCUT2D eigenvalue weighted by atomic mass is 9.78. The highest BCUT2D eigenvalue weighted by atomic mass is 16.5. The van der Waals surface area contributed by atoms with Gasteiger partial charge in [-0.1, -0.05) is 61.9 Å². The summed E-state index contributed by atoms with van der Waals surface area (Å²) in [6, 6.07) is 16.1. The number of benzene rings is 2. The fourth-order valence-corrected chi connectivity index (χ4v) is 5.00. The van der Waals surface area contributed by atoms with Gasteiger partial charge in [0.25, 0.3) is 0 Å². The van der Waals surface area contributed by atoms with Crippen LogP contribution in [0, 0.1) is 11.8 Å². The van der Waals surface area contributed by atoms with E-state index in [2.05, 4.69) is 34.9 Å². The zero-order chi connectivity index (χ0) is 24.8. The highest BCUT2D eigenvalue weighted by Gasteiger charge is 2.32. The monoisotopic (exact) mass is 478 g/mol. The third-order valence-corrected chi connectivity index (χ3v) is 7.33. The molecule has 186 valence electrons. The summed E-state index contributed by atoms with van der Waals surface area (Å²) in [6.45, 7) is 2.33. The van der Waals surface area contributed by atoms with Gasteiger partial charge in [-0.2, -0.15) is 0 Å². The molecule has 0 aromatic heterocycles. The molecule has 2 atom stereocenters. The number of amides is 2. The van der Waals surface area contributed by atoms with Crippen molar-refractivity contribution in [2.45, 2.75) is 57.4 Å². The van der Waals surface area contributed by atoms with Crippen molar-refractivity contribution in [2.24, 2.45) is 11.8 Å². The second-order valence-corrected chi connectivity index (χ2v) is 9.70. The zero-order valence-electron chi connectivity index (χ0n) is 20.2. The van der Waals surface area contributed by atoms with Gasteiger partial charge in [-0.3, -0.25) is 9.59 Å². The number of carboxylic acids is 1. The number of ether oxygens (including phenoxy) is 1. The van der Waals surface area contributed by atoms with Crippen molar-refractivity contribution in [1.29, 1.82) is 0 Å². The molecule has 0 aliphatic heterocycles. The maximum atomic E-state index is 12.7. The SMILES string of the molecule is CC(CCCNC(=O)CC(NC(=O)OCC1c2ccccc2-c2ccccc21)C1CCC1)C(=O)O. The molecule has 3 N–H and O–H groups in total. The molecule has 2 aromatic rings. The Kier molecular flexibility index (Phi) is 8.06. The molecule has 7 nitrogen and oxygen atoms in total. The summed E-state index contributed by atoms with van der Waals surface area (Å²) in [5.74, 6) is -1.12. The number of nitrogens with one attached hydrogen (secondary N) is 2. The number of carboxylic acid groups (broad SMARTS) is 1. The van der Waals surface area contributed by atoms with Crippen molar-refractivity contribution in [2.75, 3.05) is 13.2 Å². The zero-order valence-corrected chi connectivity index (χ0v) is 20.2. The van der Waals surface area contributed by atoms with Crippen LogP contribution in [0.5, 0.6) is 0 Å². The van der Waals surface area contributed by atoms with E-state index in [4.69, 9.17) is 9.84 Å². The second kappa shape index (κ2) is 11.4. The van der Waals surface area contributed by atoms with E-state index >= 15 is 0 Å². The molecule has 2 unspecified atom stereocenters. The third kappa shape index (κ3) is 6.02. The minimum absolute atomic E-state index is 0.00760. The van der Waals surface area contributed by atoms with E-state index in [1.807, 2.05) is 24.3 Å². The van der Waals surface area contributed by atoms with Gasteiger partial charge in [0.1, 0.15) is 6.61 Å². The van der Waals surface area contributed by atoms with Crippen LogP contribution in [-0.2, 0) is 14.3 Å². The summed E-state index contributed by atoms with van der Waals surface area (Å²) in [5, 5.41) is 14.8. The fourth-order valence-electron chi connectivity index (χ4n) is 5.00. The van der Waals surface area contributed by atoms with Crippen LogP contribution < -0.4 is 10.6 Å². The average molecular weight is 479 g/mol. The van der Waals surface area contributed by atoms with E-state index in [1.54, 1.807) is 6.92 Å². The minimum atomic E-state index is -0.825. The molecule has 2 amide bonds. The number of fused-ring (bicyclic) bond motifs is 3. The Hall–Kier alpha value is -3.35. The highest BCUT2D eigenvalue weighted by molar-refractivity contribution is 5.79. The van der Waals surface area contributed by atoms with Gasteiger partial charge in [-0.15, -0.1) is 0 Å². The number of rotatable bonds is 11. The lowest BCUT2D eigenvalue weighted by Gasteiger charge is -2.33. The van der Waals surface area contributed by atoms with Crippen LogP contribution in [0.3, 0.4) is 0 Å². The van der Waals surface area contributed by atoms with Gasteiger partial charge >= 0.3 is 12.1 Å². The molecule has 0 saturated heterocycles. The van der Waals surface area contributed by atoms with E-state index in [0.717, 1.165) is 30.4 Å². The molecule has 0 bridgehead atoms. The molecular weight excluding hydrogens is 444 g/mol. The summed E-state index contributed by atoms with van der Waals surface area (Å²) in [5.41, 5.74) is 4.68. The van der Waals surface area contributed by atoms with Crippen LogP contribution in [0.15, 0.2) is 48.5 Å². The van der Waals surface area contributed by atoms with Crippen LogP contribution >= 0.6 is 0 Å². The largest absolute Gasteiger partial charge is 0.481 e. The summed E-state index contributed by atoms with van der Waals surface area (Å²) >= 11 is 0. The number of aliphatic carboxylic acids is 1. The Labute approximate surface area is 206 Å². The first kappa shape index (κ1) is 24.8. The lowest BCUT2D eigenvalue weighted by Crippen LogP contribution is -2.46. The maximum Gasteiger partial charge on any atom is 0.407 e. The summed E-state index contributed by atoms with van der Waals surface area (Å²) < 4.78 is 5.68. The second-order valence-electron chi connectivity index (χ2n) is 9.70. The topological polar surface area (TPSA) is 105 Å². The van der Waals surface area contributed by atoms with E-state index in [1.165, 1.54) is 11.1 Å². The molecule has 2 aromatic carbocycles. The molecule has 2 aliphatic carbocycles. The number of alkyl carbamates (subject to hydrolysis) is 1. The number of hydrogen-bond donors (Lipinski definition) is 3. The fraction of sp³-hybridized carbons (Fsp3) is 0.464. The Morgan fingerprint density at radius 2 is 1.66 bits per heavy atom. The van der Waals surface area contributed by atoms with E-state index in [9.17, 15) is 14.4 Å². The average Bonchev–Trinajstić information content (AvgIpc) is 3.13. The predicted molar refractivity (Wildman–Crippen MR) is 133 cm³/mol. The van der Waals surface area contributed by atoms with Crippen molar-refractivity contribution in [3.8, 4) is 11.1 Å². The Bertz CT molecular complexity index is 1020.